The summed E-state index contributed by atoms with van der Waals surface area (Å²) >= 11 is 0. The molecule has 0 bridgehead atoms. The third-order valence-corrected chi connectivity index (χ3v) is 12.7. The Morgan fingerprint density at radius 1 is 0.627 bits per heavy atom. The molecule has 0 saturated heterocycles. The second-order valence-corrected chi connectivity index (χ2v) is 18.2. The molecule has 0 amide bonds. The average Bonchev–Trinajstić information content (AvgIpc) is 3.75. The fraction of sp³-hybridized carbons (Fsp3) is 0.222. The summed E-state index contributed by atoms with van der Waals surface area (Å²) in [7, 11) is 3.37. The molecule has 1 unspecified atom stereocenters. The lowest BCUT2D eigenvalue weighted by atomic mass is 9.82. The molecule has 0 saturated carbocycles. The van der Waals surface area contributed by atoms with Crippen LogP contribution in [0.5, 0.6) is 17.2 Å². The monoisotopic (exact) mass is 777 g/mol. The Morgan fingerprint density at radius 3 is 1.73 bits per heavy atom. The Bertz CT molecular complexity index is 2990. The Labute approximate surface area is 345 Å². The molecule has 0 radical (unpaired) electrons. The van der Waals surface area contributed by atoms with Crippen LogP contribution < -0.4 is 14.2 Å². The van der Waals surface area contributed by atoms with Crippen molar-refractivity contribution in [1.82, 2.24) is 4.57 Å². The minimum Gasteiger partial charge on any atom is -0.493 e. The number of halogens is 1. The summed E-state index contributed by atoms with van der Waals surface area (Å²) < 4.78 is 36.5. The fourth-order valence-electron chi connectivity index (χ4n) is 9.56. The van der Waals surface area contributed by atoms with Crippen molar-refractivity contribution in [3.8, 4) is 45.2 Å². The van der Waals surface area contributed by atoms with Crippen LogP contribution in [0.25, 0.3) is 66.6 Å². The Balaban J connectivity index is 1.18. The van der Waals surface area contributed by atoms with E-state index in [1.807, 2.05) is 18.2 Å². The van der Waals surface area contributed by atoms with Crippen molar-refractivity contribution in [1.29, 1.82) is 0 Å². The van der Waals surface area contributed by atoms with E-state index in [0.717, 1.165) is 72.2 Å². The normalized spacial score (nSPS) is 15.8. The lowest BCUT2D eigenvalue weighted by Gasteiger charge is -2.37. The molecule has 2 aliphatic rings. The summed E-state index contributed by atoms with van der Waals surface area (Å²) in [5, 5.41) is 4.50. The number of rotatable bonds is 5. The standard InChI is InChI=1S/C54H48FNO3/c1-31-38-26-27-54(32-14-20-36(55)21-15-32,59-50(38)43-30-46(57-8)51(58-9)49-40-13-11-10-12-39(40)47(31)48(43)49)33-16-22-37(23-17-33)56-44-24-18-34(52(2,3)4)28-41(44)42-29-35(53(5,6)7)19-25-45(42)56/h10-30H,1-9H3. The molecule has 1 aliphatic heterocycles. The highest BCUT2D eigenvalue weighted by molar-refractivity contribution is 6.21. The lowest BCUT2D eigenvalue weighted by molar-refractivity contribution is 0.163. The SMILES string of the molecule is COc1cc2c3c(c(C)c4c2c(c1OC)-c1ccccc1-4)C=CC(c1ccc(F)cc1)(c1ccc(-n2c4ccc(C(C)(C)C)cc4c4cc(C(C)(C)C)ccc42)cc1)O3. The van der Waals surface area contributed by atoms with E-state index in [1.165, 1.54) is 39.6 Å². The predicted molar refractivity (Wildman–Crippen MR) is 241 cm³/mol. The van der Waals surface area contributed by atoms with Crippen LogP contribution in [0.15, 0.2) is 121 Å². The number of aromatic nitrogens is 1. The highest BCUT2D eigenvalue weighted by Crippen LogP contribution is 2.60. The zero-order valence-corrected chi connectivity index (χ0v) is 35.2. The highest BCUT2D eigenvalue weighted by Gasteiger charge is 2.41. The Hall–Kier alpha value is -6.33. The van der Waals surface area contributed by atoms with Crippen LogP contribution in [0.3, 0.4) is 0 Å². The molecule has 59 heavy (non-hydrogen) atoms. The highest BCUT2D eigenvalue weighted by atomic mass is 19.1. The largest absolute Gasteiger partial charge is 0.493 e. The lowest BCUT2D eigenvalue weighted by Crippen LogP contribution is -2.34. The van der Waals surface area contributed by atoms with Crippen LogP contribution in [0.1, 0.15) is 74.9 Å². The van der Waals surface area contributed by atoms with Crippen molar-refractivity contribution in [2.45, 2.75) is 64.9 Å². The van der Waals surface area contributed by atoms with E-state index < -0.39 is 5.60 Å². The van der Waals surface area contributed by atoms with Gasteiger partial charge in [0, 0.05) is 49.5 Å². The van der Waals surface area contributed by atoms with Gasteiger partial charge in [-0.2, -0.15) is 0 Å². The molecular formula is C54H48FNO3. The van der Waals surface area contributed by atoms with Crippen LogP contribution in [0, 0.1) is 12.7 Å². The van der Waals surface area contributed by atoms with Gasteiger partial charge < -0.3 is 18.8 Å². The first-order valence-electron chi connectivity index (χ1n) is 20.4. The van der Waals surface area contributed by atoms with E-state index in [9.17, 15) is 4.39 Å². The molecule has 294 valence electrons. The predicted octanol–water partition coefficient (Wildman–Crippen LogP) is 14.0. The molecular weight excluding hydrogens is 730 g/mol. The second-order valence-electron chi connectivity index (χ2n) is 18.2. The summed E-state index contributed by atoms with van der Waals surface area (Å²) in [6.07, 6.45) is 4.32. The quantitative estimate of drug-likeness (QED) is 0.174. The number of hydrogen-bond acceptors (Lipinski definition) is 3. The zero-order chi connectivity index (χ0) is 41.2. The summed E-state index contributed by atoms with van der Waals surface area (Å²) in [4.78, 5) is 0. The van der Waals surface area contributed by atoms with Crippen LogP contribution in [0.2, 0.25) is 0 Å². The van der Waals surface area contributed by atoms with Gasteiger partial charge in [0.05, 0.1) is 25.3 Å². The maximum absolute atomic E-state index is 14.6. The molecule has 1 atom stereocenters. The Morgan fingerprint density at radius 2 is 1.19 bits per heavy atom. The zero-order valence-electron chi connectivity index (χ0n) is 35.2. The molecule has 0 spiro atoms. The number of fused-ring (bicyclic) bond motifs is 8. The molecule has 4 nitrogen and oxygen atoms in total. The van der Waals surface area contributed by atoms with Crippen molar-refractivity contribution in [2.24, 2.45) is 0 Å². The fourth-order valence-corrected chi connectivity index (χ4v) is 9.56. The third kappa shape index (κ3) is 5.40. The van der Waals surface area contributed by atoms with Gasteiger partial charge in [-0.15, -0.1) is 0 Å². The van der Waals surface area contributed by atoms with E-state index in [4.69, 9.17) is 14.2 Å². The minimum atomic E-state index is -1.07. The summed E-state index contributed by atoms with van der Waals surface area (Å²) in [6.45, 7) is 15.8. The van der Waals surface area contributed by atoms with Gasteiger partial charge in [-0.3, -0.25) is 0 Å². The summed E-state index contributed by atoms with van der Waals surface area (Å²) in [5.41, 5.74) is 13.3. The summed E-state index contributed by atoms with van der Waals surface area (Å²) in [5.74, 6) is 1.78. The first-order chi connectivity index (χ1) is 28.2. The van der Waals surface area contributed by atoms with Crippen molar-refractivity contribution in [2.75, 3.05) is 14.2 Å². The van der Waals surface area contributed by atoms with Gasteiger partial charge in [-0.25, -0.2) is 4.39 Å². The van der Waals surface area contributed by atoms with E-state index in [1.54, 1.807) is 14.2 Å². The van der Waals surface area contributed by atoms with E-state index in [0.29, 0.717) is 11.5 Å². The molecule has 0 fully saturated rings. The maximum atomic E-state index is 14.6. The van der Waals surface area contributed by atoms with Gasteiger partial charge in [0.15, 0.2) is 17.1 Å². The van der Waals surface area contributed by atoms with Crippen molar-refractivity contribution < 1.29 is 18.6 Å². The molecule has 1 aromatic heterocycles. The number of hydrogen-bond donors (Lipinski definition) is 0. The molecule has 0 N–H and O–H groups in total. The van der Waals surface area contributed by atoms with Crippen LogP contribution >= 0.6 is 0 Å². The van der Waals surface area contributed by atoms with E-state index in [-0.39, 0.29) is 16.6 Å². The minimum absolute atomic E-state index is 0.0125. The first kappa shape index (κ1) is 37.0. The Kier molecular flexibility index (Phi) is 8.04. The number of ether oxygens (including phenoxy) is 3. The van der Waals surface area contributed by atoms with Crippen molar-refractivity contribution in [3.05, 3.63) is 161 Å². The van der Waals surface area contributed by atoms with E-state index >= 15 is 0 Å². The van der Waals surface area contributed by atoms with Gasteiger partial charge in [0.1, 0.15) is 11.6 Å². The van der Waals surface area contributed by atoms with Crippen LogP contribution in [0.4, 0.5) is 4.39 Å². The molecule has 8 aromatic rings. The molecule has 1 aliphatic carbocycles. The molecule has 5 heteroatoms. The topological polar surface area (TPSA) is 32.6 Å². The van der Waals surface area contributed by atoms with Gasteiger partial charge in [-0.1, -0.05) is 108 Å². The summed E-state index contributed by atoms with van der Waals surface area (Å²) in [6, 6.07) is 39.7. The van der Waals surface area contributed by atoms with Crippen molar-refractivity contribution in [3.63, 3.8) is 0 Å². The van der Waals surface area contributed by atoms with Gasteiger partial charge in [0.25, 0.3) is 0 Å². The average molecular weight is 778 g/mol. The van der Waals surface area contributed by atoms with Crippen LogP contribution in [-0.4, -0.2) is 18.8 Å². The first-order valence-corrected chi connectivity index (χ1v) is 20.4. The van der Waals surface area contributed by atoms with Crippen LogP contribution in [-0.2, 0) is 16.4 Å². The van der Waals surface area contributed by atoms with Crippen molar-refractivity contribution >= 4 is 38.7 Å². The molecule has 10 rings (SSSR count). The smallest absolute Gasteiger partial charge is 0.178 e. The third-order valence-electron chi connectivity index (χ3n) is 12.7. The second kappa shape index (κ2) is 12.8. The maximum Gasteiger partial charge on any atom is 0.178 e. The number of methoxy groups -OCH3 is 2. The van der Waals surface area contributed by atoms with E-state index in [2.05, 4.69) is 150 Å². The molecule has 7 aromatic carbocycles. The van der Waals surface area contributed by atoms with Gasteiger partial charge in [-0.05, 0) is 112 Å². The molecule has 2 heterocycles. The number of nitrogens with zero attached hydrogens (tertiary/aromatic N) is 1. The number of benzene rings is 7. The van der Waals surface area contributed by atoms with Gasteiger partial charge >= 0.3 is 0 Å². The van der Waals surface area contributed by atoms with Gasteiger partial charge in [0.2, 0.25) is 0 Å².